The van der Waals surface area contributed by atoms with Crippen LogP contribution in [-0.4, -0.2) is 19.2 Å². The van der Waals surface area contributed by atoms with Crippen molar-refractivity contribution in [1.29, 1.82) is 0 Å². The van der Waals surface area contributed by atoms with Crippen LogP contribution in [0.4, 0.5) is 0 Å². The minimum Gasteiger partial charge on any atom is -0.489 e. The van der Waals surface area contributed by atoms with Gasteiger partial charge in [-0.2, -0.15) is 0 Å². The Morgan fingerprint density at radius 3 is 2.47 bits per heavy atom. The predicted molar refractivity (Wildman–Crippen MR) is 82.9 cm³/mol. The van der Waals surface area contributed by atoms with Crippen molar-refractivity contribution in [2.45, 2.75) is 53.1 Å². The van der Waals surface area contributed by atoms with E-state index >= 15 is 0 Å². The monoisotopic (exact) mass is 263 g/mol. The molecule has 2 heteroatoms. The van der Waals surface area contributed by atoms with E-state index in [2.05, 4.69) is 57.3 Å². The first-order chi connectivity index (χ1) is 9.17. The van der Waals surface area contributed by atoms with Gasteiger partial charge in [0, 0.05) is 6.54 Å². The van der Waals surface area contributed by atoms with Crippen LogP contribution in [0.1, 0.15) is 46.1 Å². The number of aryl methyl sites for hydroxylation is 1. The second-order valence-electron chi connectivity index (χ2n) is 5.54. The Balaban J connectivity index is 2.56. The van der Waals surface area contributed by atoms with Crippen LogP contribution in [-0.2, 0) is 6.42 Å². The predicted octanol–water partition coefficient (Wildman–Crippen LogP) is 4.04. The topological polar surface area (TPSA) is 21.3 Å². The van der Waals surface area contributed by atoms with E-state index in [0.29, 0.717) is 5.92 Å². The molecule has 0 saturated carbocycles. The maximum Gasteiger partial charge on any atom is 0.122 e. The average molecular weight is 263 g/mol. The lowest BCUT2D eigenvalue weighted by Crippen LogP contribution is -2.33. The molecule has 1 aromatic carbocycles. The van der Waals surface area contributed by atoms with Crippen LogP contribution < -0.4 is 10.1 Å². The second kappa shape index (κ2) is 8.98. The highest BCUT2D eigenvalue weighted by molar-refractivity contribution is 5.33. The summed E-state index contributed by atoms with van der Waals surface area (Å²) in [7, 11) is 0. The van der Waals surface area contributed by atoms with Crippen molar-refractivity contribution in [3.05, 3.63) is 29.8 Å². The summed E-state index contributed by atoms with van der Waals surface area (Å²) in [6.45, 7) is 10.8. The van der Waals surface area contributed by atoms with Crippen LogP contribution in [0, 0.1) is 5.92 Å². The first kappa shape index (κ1) is 16.0. The Labute approximate surface area is 118 Å². The third-order valence-corrected chi connectivity index (χ3v) is 3.18. The van der Waals surface area contributed by atoms with Gasteiger partial charge in [-0.15, -0.1) is 0 Å². The Hall–Kier alpha value is -1.02. The maximum absolute atomic E-state index is 6.20. The molecule has 0 fully saturated rings. The van der Waals surface area contributed by atoms with Crippen molar-refractivity contribution in [3.63, 3.8) is 0 Å². The zero-order valence-electron chi connectivity index (χ0n) is 12.9. The molecule has 1 atom stereocenters. The van der Waals surface area contributed by atoms with Crippen molar-refractivity contribution in [1.82, 2.24) is 5.32 Å². The standard InChI is InChI=1S/C17H29NO/c1-5-9-16(13-18-12-14(3)4)19-17-11-8-7-10-15(17)6-2/h7-8,10-11,14,16,18H,5-6,9,12-13H2,1-4H3. The Morgan fingerprint density at radius 1 is 1.11 bits per heavy atom. The van der Waals surface area contributed by atoms with E-state index in [1.165, 1.54) is 5.56 Å². The number of rotatable bonds is 9. The number of hydrogen-bond acceptors (Lipinski definition) is 2. The highest BCUT2D eigenvalue weighted by Gasteiger charge is 2.11. The first-order valence-corrected chi connectivity index (χ1v) is 7.62. The van der Waals surface area contributed by atoms with E-state index in [1.807, 2.05) is 0 Å². The summed E-state index contributed by atoms with van der Waals surface area (Å²) >= 11 is 0. The molecule has 0 aromatic heterocycles. The SMILES string of the molecule is CCCC(CNCC(C)C)Oc1ccccc1CC. The molecule has 0 spiro atoms. The minimum atomic E-state index is 0.274. The molecule has 1 unspecified atom stereocenters. The van der Waals surface area contributed by atoms with E-state index in [9.17, 15) is 0 Å². The van der Waals surface area contributed by atoms with Crippen molar-refractivity contribution in [3.8, 4) is 5.75 Å². The van der Waals surface area contributed by atoms with Crippen LogP contribution in [0.15, 0.2) is 24.3 Å². The van der Waals surface area contributed by atoms with Crippen molar-refractivity contribution in [2.75, 3.05) is 13.1 Å². The largest absolute Gasteiger partial charge is 0.489 e. The van der Waals surface area contributed by atoms with Gasteiger partial charge >= 0.3 is 0 Å². The molecule has 0 aliphatic heterocycles. The van der Waals surface area contributed by atoms with Crippen LogP contribution in [0.25, 0.3) is 0 Å². The normalized spacial score (nSPS) is 12.7. The maximum atomic E-state index is 6.20. The number of para-hydroxylation sites is 1. The van der Waals surface area contributed by atoms with Gasteiger partial charge in [0.25, 0.3) is 0 Å². The van der Waals surface area contributed by atoms with Crippen molar-refractivity contribution >= 4 is 0 Å². The van der Waals surface area contributed by atoms with E-state index in [4.69, 9.17) is 4.74 Å². The highest BCUT2D eigenvalue weighted by Crippen LogP contribution is 2.20. The summed E-state index contributed by atoms with van der Waals surface area (Å²) in [5.41, 5.74) is 1.30. The summed E-state index contributed by atoms with van der Waals surface area (Å²) in [5, 5.41) is 3.50. The molecule has 0 aliphatic carbocycles. The average Bonchev–Trinajstić information content (AvgIpc) is 2.39. The summed E-state index contributed by atoms with van der Waals surface area (Å²) < 4.78 is 6.20. The zero-order valence-corrected chi connectivity index (χ0v) is 12.9. The van der Waals surface area contributed by atoms with Crippen molar-refractivity contribution < 1.29 is 4.74 Å². The third kappa shape index (κ3) is 6.11. The fourth-order valence-corrected chi connectivity index (χ4v) is 2.15. The van der Waals surface area contributed by atoms with Gasteiger partial charge in [-0.1, -0.05) is 52.3 Å². The molecule has 0 aliphatic rings. The quantitative estimate of drug-likeness (QED) is 0.726. The van der Waals surface area contributed by atoms with Gasteiger partial charge in [-0.05, 0) is 36.9 Å². The molecule has 0 saturated heterocycles. The lowest BCUT2D eigenvalue weighted by Gasteiger charge is -2.21. The molecule has 0 amide bonds. The van der Waals surface area contributed by atoms with Gasteiger partial charge in [0.15, 0.2) is 0 Å². The summed E-state index contributed by atoms with van der Waals surface area (Å²) in [4.78, 5) is 0. The second-order valence-corrected chi connectivity index (χ2v) is 5.54. The molecule has 2 nitrogen and oxygen atoms in total. The molecule has 0 heterocycles. The fraction of sp³-hybridized carbons (Fsp3) is 0.647. The van der Waals surface area contributed by atoms with Crippen molar-refractivity contribution in [2.24, 2.45) is 5.92 Å². The smallest absolute Gasteiger partial charge is 0.122 e. The first-order valence-electron chi connectivity index (χ1n) is 7.62. The zero-order chi connectivity index (χ0) is 14.1. The van der Waals surface area contributed by atoms with Crippen LogP contribution >= 0.6 is 0 Å². The number of benzene rings is 1. The lowest BCUT2D eigenvalue weighted by atomic mass is 10.1. The molecule has 1 rings (SSSR count). The summed E-state index contributed by atoms with van der Waals surface area (Å²) in [6, 6.07) is 8.38. The lowest BCUT2D eigenvalue weighted by molar-refractivity contribution is 0.183. The van der Waals surface area contributed by atoms with E-state index in [-0.39, 0.29) is 6.10 Å². The van der Waals surface area contributed by atoms with Crippen LogP contribution in [0.5, 0.6) is 5.75 Å². The molecule has 108 valence electrons. The van der Waals surface area contributed by atoms with Gasteiger partial charge < -0.3 is 10.1 Å². The summed E-state index contributed by atoms with van der Waals surface area (Å²) in [5.74, 6) is 1.74. The van der Waals surface area contributed by atoms with Gasteiger partial charge in [-0.25, -0.2) is 0 Å². The van der Waals surface area contributed by atoms with E-state index < -0.39 is 0 Å². The molecule has 0 bridgehead atoms. The Kier molecular flexibility index (Phi) is 7.57. The Bertz CT molecular complexity index is 349. The minimum absolute atomic E-state index is 0.274. The van der Waals surface area contributed by atoms with Crippen LogP contribution in [0.2, 0.25) is 0 Å². The molecular weight excluding hydrogens is 234 g/mol. The van der Waals surface area contributed by atoms with Gasteiger partial charge in [0.1, 0.15) is 11.9 Å². The molecule has 1 aromatic rings. The van der Waals surface area contributed by atoms with Crippen LogP contribution in [0.3, 0.4) is 0 Å². The number of nitrogens with one attached hydrogen (secondary N) is 1. The molecule has 0 radical (unpaired) electrons. The third-order valence-electron chi connectivity index (χ3n) is 3.18. The van der Waals surface area contributed by atoms with E-state index in [1.54, 1.807) is 0 Å². The van der Waals surface area contributed by atoms with Gasteiger partial charge in [-0.3, -0.25) is 0 Å². The molecular formula is C17H29NO. The summed E-state index contributed by atoms with van der Waals surface area (Å²) in [6.07, 6.45) is 3.55. The number of hydrogen-bond donors (Lipinski definition) is 1. The fourth-order valence-electron chi connectivity index (χ4n) is 2.15. The van der Waals surface area contributed by atoms with E-state index in [0.717, 1.165) is 38.1 Å². The molecule has 19 heavy (non-hydrogen) atoms. The van der Waals surface area contributed by atoms with Gasteiger partial charge in [0.2, 0.25) is 0 Å². The Morgan fingerprint density at radius 2 is 1.84 bits per heavy atom. The highest BCUT2D eigenvalue weighted by atomic mass is 16.5. The molecule has 1 N–H and O–H groups in total. The van der Waals surface area contributed by atoms with Gasteiger partial charge in [0.05, 0.1) is 0 Å². The number of ether oxygens (including phenoxy) is 1.